The molecular weight excluding hydrogens is 208 g/mol. The van der Waals surface area contributed by atoms with Crippen molar-refractivity contribution in [2.24, 2.45) is 0 Å². The van der Waals surface area contributed by atoms with Gasteiger partial charge >= 0.3 is 0 Å². The third kappa shape index (κ3) is 3.73. The van der Waals surface area contributed by atoms with Crippen molar-refractivity contribution in [2.75, 3.05) is 37.4 Å². The van der Waals surface area contributed by atoms with Crippen LogP contribution in [-0.2, 0) is 4.74 Å². The van der Waals surface area contributed by atoms with E-state index in [4.69, 9.17) is 20.8 Å². The molecule has 1 rings (SSSR count). The highest BCUT2D eigenvalue weighted by Gasteiger charge is 2.01. The summed E-state index contributed by atoms with van der Waals surface area (Å²) >= 11 is 0. The Balaban J connectivity index is 2.40. The number of aliphatic hydroxyl groups is 1. The third-order valence-corrected chi connectivity index (χ3v) is 1.82. The summed E-state index contributed by atoms with van der Waals surface area (Å²) in [6.45, 7) is 1.36. The Bertz CT molecular complexity index is 376. The first kappa shape index (κ1) is 12.2. The molecule has 0 bridgehead atoms. The van der Waals surface area contributed by atoms with Crippen LogP contribution in [0.1, 0.15) is 5.69 Å². The van der Waals surface area contributed by atoms with Gasteiger partial charge in [0.2, 0.25) is 0 Å². The summed E-state index contributed by atoms with van der Waals surface area (Å²) in [5.41, 5.74) is 6.10. The van der Waals surface area contributed by atoms with Crippen molar-refractivity contribution in [1.82, 2.24) is 4.98 Å². The summed E-state index contributed by atoms with van der Waals surface area (Å²) in [5.74, 6) is 0.582. The zero-order valence-electron chi connectivity index (χ0n) is 8.81. The lowest BCUT2D eigenvalue weighted by atomic mass is 10.3. The van der Waals surface area contributed by atoms with Crippen LogP contribution in [0.3, 0.4) is 0 Å². The number of rotatable bonds is 6. The van der Waals surface area contributed by atoms with Crippen LogP contribution in [-0.4, -0.2) is 36.5 Å². The Hall–Kier alpha value is -1.84. The molecule has 0 unspecified atom stereocenters. The largest absolute Gasteiger partial charge is 0.396 e. The van der Waals surface area contributed by atoms with Gasteiger partial charge in [-0.2, -0.15) is 5.26 Å². The Morgan fingerprint density at radius 1 is 1.50 bits per heavy atom. The quantitative estimate of drug-likeness (QED) is 0.583. The number of nitrogens with two attached hydrogens (primary N) is 1. The van der Waals surface area contributed by atoms with Crippen LogP contribution in [0.4, 0.5) is 11.5 Å². The number of nitrogens with one attached hydrogen (secondary N) is 1. The van der Waals surface area contributed by atoms with E-state index in [0.29, 0.717) is 31.3 Å². The monoisotopic (exact) mass is 222 g/mol. The van der Waals surface area contributed by atoms with Gasteiger partial charge in [-0.15, -0.1) is 0 Å². The SMILES string of the molecule is N#Cc1nc(NCCOCCO)ccc1N. The summed E-state index contributed by atoms with van der Waals surface area (Å²) in [6.07, 6.45) is 0. The van der Waals surface area contributed by atoms with E-state index in [1.165, 1.54) is 0 Å². The summed E-state index contributed by atoms with van der Waals surface area (Å²) in [7, 11) is 0. The maximum atomic E-state index is 8.71. The zero-order chi connectivity index (χ0) is 11.8. The Kier molecular flexibility index (Phi) is 5.05. The molecule has 1 aromatic heterocycles. The first-order chi connectivity index (χ1) is 7.77. The number of hydrogen-bond acceptors (Lipinski definition) is 6. The van der Waals surface area contributed by atoms with Crippen molar-refractivity contribution < 1.29 is 9.84 Å². The lowest BCUT2D eigenvalue weighted by Crippen LogP contribution is -2.12. The number of ether oxygens (including phenoxy) is 1. The minimum atomic E-state index is 0.0126. The highest BCUT2D eigenvalue weighted by atomic mass is 16.5. The second kappa shape index (κ2) is 6.61. The molecule has 0 aromatic carbocycles. The third-order valence-electron chi connectivity index (χ3n) is 1.82. The maximum absolute atomic E-state index is 8.71. The minimum absolute atomic E-state index is 0.0126. The number of hydrogen-bond donors (Lipinski definition) is 3. The van der Waals surface area contributed by atoms with Crippen molar-refractivity contribution in [3.63, 3.8) is 0 Å². The Morgan fingerprint density at radius 3 is 3.00 bits per heavy atom. The summed E-state index contributed by atoms with van der Waals surface area (Å²) in [5, 5.41) is 20.2. The molecule has 0 fully saturated rings. The lowest BCUT2D eigenvalue weighted by Gasteiger charge is -2.06. The average Bonchev–Trinajstić information content (AvgIpc) is 2.31. The predicted molar refractivity (Wildman–Crippen MR) is 59.8 cm³/mol. The van der Waals surface area contributed by atoms with Crippen LogP contribution < -0.4 is 11.1 Å². The first-order valence-corrected chi connectivity index (χ1v) is 4.87. The van der Waals surface area contributed by atoms with Gasteiger partial charge in [0.1, 0.15) is 11.9 Å². The van der Waals surface area contributed by atoms with Crippen LogP contribution in [0.15, 0.2) is 12.1 Å². The number of pyridine rings is 1. The van der Waals surface area contributed by atoms with Gasteiger partial charge in [0, 0.05) is 6.54 Å². The fraction of sp³-hybridized carbons (Fsp3) is 0.400. The van der Waals surface area contributed by atoms with Crippen LogP contribution in [0.25, 0.3) is 0 Å². The fourth-order valence-corrected chi connectivity index (χ4v) is 1.08. The minimum Gasteiger partial charge on any atom is -0.396 e. The fourth-order valence-electron chi connectivity index (χ4n) is 1.08. The lowest BCUT2D eigenvalue weighted by molar-refractivity contribution is 0.0992. The normalized spacial score (nSPS) is 9.75. The highest BCUT2D eigenvalue weighted by molar-refractivity contribution is 5.54. The van der Waals surface area contributed by atoms with Gasteiger partial charge < -0.3 is 20.9 Å². The predicted octanol–water partition coefficient (Wildman–Crippen LogP) is -0.0437. The van der Waals surface area contributed by atoms with E-state index in [0.717, 1.165) is 0 Å². The molecule has 0 spiro atoms. The smallest absolute Gasteiger partial charge is 0.165 e. The van der Waals surface area contributed by atoms with Crippen LogP contribution in [0.2, 0.25) is 0 Å². The van der Waals surface area contributed by atoms with Gasteiger partial charge in [-0.25, -0.2) is 4.98 Å². The highest BCUT2D eigenvalue weighted by Crippen LogP contribution is 2.11. The number of anilines is 2. The van der Waals surface area contributed by atoms with E-state index in [9.17, 15) is 0 Å². The van der Waals surface area contributed by atoms with Crippen LogP contribution in [0.5, 0.6) is 0 Å². The molecule has 0 aliphatic carbocycles. The van der Waals surface area contributed by atoms with Gasteiger partial charge in [0.05, 0.1) is 25.5 Å². The molecule has 1 heterocycles. The molecular formula is C10H14N4O2. The van der Waals surface area contributed by atoms with Gasteiger partial charge in [-0.05, 0) is 12.1 Å². The Morgan fingerprint density at radius 2 is 2.31 bits per heavy atom. The van der Waals surface area contributed by atoms with E-state index in [2.05, 4.69) is 10.3 Å². The van der Waals surface area contributed by atoms with Crippen molar-refractivity contribution in [1.29, 1.82) is 5.26 Å². The number of nitrogen functional groups attached to an aromatic ring is 1. The molecule has 0 radical (unpaired) electrons. The van der Waals surface area contributed by atoms with Gasteiger partial charge in [0.25, 0.3) is 0 Å². The van der Waals surface area contributed by atoms with E-state index in [1.54, 1.807) is 12.1 Å². The van der Waals surface area contributed by atoms with Crippen molar-refractivity contribution in [3.8, 4) is 6.07 Å². The van der Waals surface area contributed by atoms with Crippen LogP contribution in [0, 0.1) is 11.3 Å². The van der Waals surface area contributed by atoms with E-state index in [1.807, 2.05) is 6.07 Å². The van der Waals surface area contributed by atoms with E-state index >= 15 is 0 Å². The molecule has 6 heteroatoms. The van der Waals surface area contributed by atoms with Crippen molar-refractivity contribution >= 4 is 11.5 Å². The molecule has 0 saturated carbocycles. The van der Waals surface area contributed by atoms with Gasteiger partial charge in [0.15, 0.2) is 5.69 Å². The molecule has 1 aromatic rings. The molecule has 16 heavy (non-hydrogen) atoms. The Labute approximate surface area is 93.7 Å². The van der Waals surface area contributed by atoms with Gasteiger partial charge in [-0.1, -0.05) is 0 Å². The molecule has 0 atom stereocenters. The average molecular weight is 222 g/mol. The number of nitrogens with zero attached hydrogens (tertiary/aromatic N) is 2. The van der Waals surface area contributed by atoms with E-state index in [-0.39, 0.29) is 12.3 Å². The molecule has 0 amide bonds. The topological polar surface area (TPSA) is 104 Å². The van der Waals surface area contributed by atoms with Crippen molar-refractivity contribution in [3.05, 3.63) is 17.8 Å². The van der Waals surface area contributed by atoms with Gasteiger partial charge in [-0.3, -0.25) is 0 Å². The molecule has 86 valence electrons. The second-order valence-corrected chi connectivity index (χ2v) is 3.01. The summed E-state index contributed by atoms with van der Waals surface area (Å²) in [4.78, 5) is 4.01. The summed E-state index contributed by atoms with van der Waals surface area (Å²) in [6, 6.07) is 5.23. The standard InChI is InChI=1S/C10H14N4O2/c11-7-9-8(12)1-2-10(14-9)13-3-5-16-6-4-15/h1-2,15H,3-6,12H2,(H,13,14). The van der Waals surface area contributed by atoms with Crippen LogP contribution >= 0.6 is 0 Å². The molecule has 0 saturated heterocycles. The maximum Gasteiger partial charge on any atom is 0.165 e. The number of aromatic nitrogens is 1. The molecule has 6 nitrogen and oxygen atoms in total. The number of aliphatic hydroxyl groups excluding tert-OH is 1. The van der Waals surface area contributed by atoms with E-state index < -0.39 is 0 Å². The molecule has 0 aliphatic heterocycles. The van der Waals surface area contributed by atoms with Crippen molar-refractivity contribution in [2.45, 2.75) is 0 Å². The zero-order valence-corrected chi connectivity index (χ0v) is 8.81. The molecule has 4 N–H and O–H groups in total. The second-order valence-electron chi connectivity index (χ2n) is 3.01. The number of nitriles is 1. The molecule has 0 aliphatic rings. The first-order valence-electron chi connectivity index (χ1n) is 4.87. The summed E-state index contributed by atoms with van der Waals surface area (Å²) < 4.78 is 5.05.